The average Bonchev–Trinajstić information content (AvgIpc) is 2.80. The summed E-state index contributed by atoms with van der Waals surface area (Å²) in [5.41, 5.74) is -1.57. The van der Waals surface area contributed by atoms with Gasteiger partial charge in [-0.3, -0.25) is 9.78 Å². The Morgan fingerprint density at radius 2 is 1.79 bits per heavy atom. The Balaban J connectivity index is 1.84. The quantitative estimate of drug-likeness (QED) is 0.451. The molecule has 1 fully saturated rings. The molecule has 1 aliphatic carbocycles. The van der Waals surface area contributed by atoms with Crippen LogP contribution in [0.15, 0.2) is 47.4 Å². The van der Waals surface area contributed by atoms with Gasteiger partial charge in [-0.2, -0.15) is 18.3 Å². The fraction of sp³-hybridized carbons (Fsp3) is 0.391. The number of nitrogens with zero attached hydrogens (tertiary/aromatic N) is 4. The molecule has 10 heteroatoms. The summed E-state index contributed by atoms with van der Waals surface area (Å²) in [6.45, 7) is -0.503. The molecule has 4 rings (SSSR count). The molecule has 0 spiro atoms. The Kier molecular flexibility index (Phi) is 6.53. The fourth-order valence-electron chi connectivity index (χ4n) is 4.18. The summed E-state index contributed by atoms with van der Waals surface area (Å²) in [4.78, 5) is 21.0. The van der Waals surface area contributed by atoms with E-state index in [4.69, 9.17) is 0 Å². The largest absolute Gasteiger partial charge is 0.418 e. The van der Waals surface area contributed by atoms with E-state index in [1.807, 2.05) is 0 Å². The van der Waals surface area contributed by atoms with Crippen LogP contribution in [0.5, 0.6) is 0 Å². The number of aromatic nitrogens is 4. The average molecular weight is 464 g/mol. The highest BCUT2D eigenvalue weighted by Gasteiger charge is 2.34. The van der Waals surface area contributed by atoms with Crippen LogP contribution < -0.4 is 5.56 Å². The minimum absolute atomic E-state index is 0.0802. The van der Waals surface area contributed by atoms with Crippen LogP contribution in [0, 0.1) is 0 Å². The Morgan fingerprint density at radius 1 is 1.03 bits per heavy atom. The van der Waals surface area contributed by atoms with Crippen LogP contribution in [0.25, 0.3) is 11.4 Å². The van der Waals surface area contributed by atoms with Gasteiger partial charge >= 0.3 is 6.18 Å². The van der Waals surface area contributed by atoms with E-state index in [1.54, 1.807) is 0 Å². The van der Waals surface area contributed by atoms with Gasteiger partial charge in [-0.15, -0.1) is 0 Å². The first-order valence-corrected chi connectivity index (χ1v) is 10.6. The lowest BCUT2D eigenvalue weighted by molar-refractivity contribution is -0.138. The van der Waals surface area contributed by atoms with Crippen LogP contribution in [-0.2, 0) is 12.7 Å². The van der Waals surface area contributed by atoms with Crippen LogP contribution in [0.1, 0.15) is 67.0 Å². The number of pyridine rings is 2. The molecule has 174 valence electrons. The number of alkyl halides is 5. The highest BCUT2D eigenvalue weighted by Crippen LogP contribution is 2.33. The van der Waals surface area contributed by atoms with Gasteiger partial charge in [0.1, 0.15) is 11.4 Å². The monoisotopic (exact) mass is 464 g/mol. The van der Waals surface area contributed by atoms with Crippen molar-refractivity contribution in [1.82, 2.24) is 19.7 Å². The van der Waals surface area contributed by atoms with Crippen molar-refractivity contribution < 1.29 is 22.0 Å². The predicted molar refractivity (Wildman–Crippen MR) is 111 cm³/mol. The van der Waals surface area contributed by atoms with Gasteiger partial charge in [-0.05, 0) is 49.1 Å². The van der Waals surface area contributed by atoms with Gasteiger partial charge in [0.15, 0.2) is 0 Å². The highest BCUT2D eigenvalue weighted by molar-refractivity contribution is 5.54. The van der Waals surface area contributed by atoms with Gasteiger partial charge in [0.2, 0.25) is 0 Å². The minimum Gasteiger partial charge on any atom is -0.267 e. The number of hydrogen-bond acceptors (Lipinski definition) is 4. The standard InChI is InChI=1S/C23H21F5N4O/c24-21(25)18-10-4-9-17(30-18)19-12-15(14-6-2-1-3-7-14)22(33)32(31-19)13-20-16(23(26,27)28)8-5-11-29-20/h4-5,8-12,14,21H,1-3,6-7,13H2. The molecule has 0 aromatic carbocycles. The van der Waals surface area contributed by atoms with E-state index >= 15 is 0 Å². The molecule has 33 heavy (non-hydrogen) atoms. The molecule has 1 saturated carbocycles. The molecule has 3 aromatic rings. The first-order valence-electron chi connectivity index (χ1n) is 10.6. The van der Waals surface area contributed by atoms with Crippen molar-refractivity contribution in [3.8, 4) is 11.4 Å². The second-order valence-corrected chi connectivity index (χ2v) is 8.03. The van der Waals surface area contributed by atoms with Crippen LogP contribution in [0.2, 0.25) is 0 Å². The lowest BCUT2D eigenvalue weighted by atomic mass is 9.84. The molecule has 0 saturated heterocycles. The molecule has 3 heterocycles. The maximum atomic E-state index is 13.5. The zero-order valence-corrected chi connectivity index (χ0v) is 17.5. The molecule has 0 aliphatic heterocycles. The first-order chi connectivity index (χ1) is 15.7. The Labute approximate surface area is 186 Å². The maximum Gasteiger partial charge on any atom is 0.418 e. The van der Waals surface area contributed by atoms with Crippen molar-refractivity contribution in [3.05, 3.63) is 75.5 Å². The van der Waals surface area contributed by atoms with E-state index in [0.717, 1.165) is 42.9 Å². The third-order valence-electron chi connectivity index (χ3n) is 5.80. The third kappa shape index (κ3) is 5.09. The van der Waals surface area contributed by atoms with Gasteiger partial charge in [-0.25, -0.2) is 18.4 Å². The lowest BCUT2D eigenvalue weighted by Crippen LogP contribution is -2.30. The Morgan fingerprint density at radius 3 is 2.48 bits per heavy atom. The molecular weight excluding hydrogens is 443 g/mol. The summed E-state index contributed by atoms with van der Waals surface area (Å²) in [5.74, 6) is -0.0802. The number of halogens is 5. The van der Waals surface area contributed by atoms with Crippen LogP contribution >= 0.6 is 0 Å². The van der Waals surface area contributed by atoms with Crippen LogP contribution in [-0.4, -0.2) is 19.7 Å². The molecule has 1 aliphatic rings. The van der Waals surface area contributed by atoms with Crippen LogP contribution in [0.4, 0.5) is 22.0 Å². The van der Waals surface area contributed by atoms with E-state index in [-0.39, 0.29) is 23.0 Å². The van der Waals surface area contributed by atoms with Gasteiger partial charge in [0, 0.05) is 11.8 Å². The summed E-state index contributed by atoms with van der Waals surface area (Å²) >= 11 is 0. The zero-order valence-electron chi connectivity index (χ0n) is 17.5. The summed E-state index contributed by atoms with van der Waals surface area (Å²) in [6.07, 6.45) is -1.79. The van der Waals surface area contributed by atoms with Crippen molar-refractivity contribution in [3.63, 3.8) is 0 Å². The smallest absolute Gasteiger partial charge is 0.267 e. The molecule has 5 nitrogen and oxygen atoms in total. The topological polar surface area (TPSA) is 60.7 Å². The molecule has 0 N–H and O–H groups in total. The van der Waals surface area contributed by atoms with Crippen molar-refractivity contribution in [2.24, 2.45) is 0 Å². The number of hydrogen-bond donors (Lipinski definition) is 0. The zero-order chi connectivity index (χ0) is 23.6. The fourth-order valence-corrected chi connectivity index (χ4v) is 4.18. The second-order valence-electron chi connectivity index (χ2n) is 8.03. The van der Waals surface area contributed by atoms with Gasteiger partial charge in [0.25, 0.3) is 12.0 Å². The van der Waals surface area contributed by atoms with Crippen molar-refractivity contribution in [1.29, 1.82) is 0 Å². The van der Waals surface area contributed by atoms with Gasteiger partial charge < -0.3 is 0 Å². The Hall–Kier alpha value is -3.17. The molecule has 0 bridgehead atoms. The number of rotatable bonds is 5. The molecular formula is C23H21F5N4O. The van der Waals surface area contributed by atoms with Gasteiger partial charge in [0.05, 0.1) is 23.5 Å². The van der Waals surface area contributed by atoms with Crippen LogP contribution in [0.3, 0.4) is 0 Å². The Bertz CT molecular complexity index is 1190. The summed E-state index contributed by atoms with van der Waals surface area (Å²) in [7, 11) is 0. The van der Waals surface area contributed by atoms with E-state index in [0.29, 0.717) is 5.56 Å². The van der Waals surface area contributed by atoms with Crippen molar-refractivity contribution in [2.75, 3.05) is 0 Å². The second kappa shape index (κ2) is 9.36. The van der Waals surface area contributed by atoms with E-state index in [2.05, 4.69) is 15.1 Å². The van der Waals surface area contributed by atoms with E-state index in [1.165, 1.54) is 36.5 Å². The first kappa shape index (κ1) is 23.0. The summed E-state index contributed by atoms with van der Waals surface area (Å²) < 4.78 is 67.6. The molecule has 0 unspecified atom stereocenters. The molecule has 0 radical (unpaired) electrons. The normalized spacial score (nSPS) is 15.2. The van der Waals surface area contributed by atoms with Crippen molar-refractivity contribution in [2.45, 2.75) is 57.2 Å². The third-order valence-corrected chi connectivity index (χ3v) is 5.80. The highest BCUT2D eigenvalue weighted by atomic mass is 19.4. The van der Waals surface area contributed by atoms with Gasteiger partial charge in [-0.1, -0.05) is 25.3 Å². The van der Waals surface area contributed by atoms with Crippen molar-refractivity contribution >= 4 is 0 Å². The van der Waals surface area contributed by atoms with E-state index in [9.17, 15) is 26.7 Å². The summed E-state index contributed by atoms with van der Waals surface area (Å²) in [5, 5.41) is 4.21. The molecule has 3 aromatic heterocycles. The summed E-state index contributed by atoms with van der Waals surface area (Å²) in [6, 6.07) is 7.67. The lowest BCUT2D eigenvalue weighted by Gasteiger charge is -2.22. The SMILES string of the molecule is O=c1c(C2CCCCC2)cc(-c2cccc(C(F)F)n2)nn1Cc1ncccc1C(F)(F)F. The minimum atomic E-state index is -4.65. The molecule has 0 amide bonds. The maximum absolute atomic E-state index is 13.5. The van der Waals surface area contributed by atoms with E-state index < -0.39 is 36.0 Å². The predicted octanol–water partition coefficient (Wildman–Crippen LogP) is 5.75. The molecule has 0 atom stereocenters.